The average molecular weight is 305 g/mol. The molecule has 0 aliphatic carbocycles. The Morgan fingerprint density at radius 1 is 1.14 bits per heavy atom. The second kappa shape index (κ2) is 8.51. The van der Waals surface area contributed by atoms with Crippen molar-refractivity contribution in [2.45, 2.75) is 32.6 Å². The topological polar surface area (TPSA) is 58.4 Å². The van der Waals surface area contributed by atoms with Crippen molar-refractivity contribution in [3.05, 3.63) is 30.5 Å². The van der Waals surface area contributed by atoms with Crippen LogP contribution in [0.25, 0.3) is 11.3 Å². The normalized spacial score (nSPS) is 11.1. The van der Waals surface area contributed by atoms with Gasteiger partial charge in [0, 0.05) is 19.8 Å². The molecular formula is C16H23N3O3. The van der Waals surface area contributed by atoms with E-state index < -0.39 is 0 Å². The molecule has 0 aliphatic rings. The molecule has 6 heteroatoms. The van der Waals surface area contributed by atoms with Gasteiger partial charge < -0.3 is 14.2 Å². The molecule has 2 rings (SSSR count). The molecule has 2 aromatic rings. The average Bonchev–Trinajstić information content (AvgIpc) is 3.02. The highest BCUT2D eigenvalue weighted by Gasteiger charge is 2.09. The van der Waals surface area contributed by atoms with Crippen LogP contribution in [0.3, 0.4) is 0 Å². The minimum absolute atomic E-state index is 0.330. The van der Waals surface area contributed by atoms with E-state index in [-0.39, 0.29) is 6.29 Å². The molecule has 0 N–H and O–H groups in total. The maximum atomic E-state index is 5.65. The van der Waals surface area contributed by atoms with Gasteiger partial charge in [-0.05, 0) is 30.7 Å². The summed E-state index contributed by atoms with van der Waals surface area (Å²) in [6.07, 6.45) is 3.74. The lowest BCUT2D eigenvalue weighted by Crippen LogP contribution is -2.20. The van der Waals surface area contributed by atoms with Crippen LogP contribution >= 0.6 is 0 Å². The van der Waals surface area contributed by atoms with Gasteiger partial charge in [0.05, 0.1) is 19.3 Å². The van der Waals surface area contributed by atoms with Crippen LogP contribution in [0.1, 0.15) is 19.8 Å². The molecule has 0 spiro atoms. The summed E-state index contributed by atoms with van der Waals surface area (Å²) in [6, 6.07) is 7.88. The molecule has 6 nitrogen and oxygen atoms in total. The summed E-state index contributed by atoms with van der Waals surface area (Å²) in [4.78, 5) is 0. The summed E-state index contributed by atoms with van der Waals surface area (Å²) >= 11 is 0. The largest absolute Gasteiger partial charge is 0.494 e. The molecule has 0 fully saturated rings. The van der Waals surface area contributed by atoms with Gasteiger partial charge in [0.1, 0.15) is 11.4 Å². The molecule has 0 unspecified atom stereocenters. The third-order valence-electron chi connectivity index (χ3n) is 3.32. The molecule has 0 bridgehead atoms. The first-order valence-corrected chi connectivity index (χ1v) is 7.45. The molecule has 0 saturated carbocycles. The molecule has 1 heterocycles. The van der Waals surface area contributed by atoms with Crippen LogP contribution in [0.2, 0.25) is 0 Å². The smallest absolute Gasteiger partial charge is 0.176 e. The summed E-state index contributed by atoms with van der Waals surface area (Å²) in [5.41, 5.74) is 1.81. The number of unbranched alkanes of at least 4 members (excludes halogenated alkanes) is 1. The number of nitrogens with zero attached hydrogens (tertiary/aromatic N) is 3. The van der Waals surface area contributed by atoms with Gasteiger partial charge in [-0.3, -0.25) is 0 Å². The Bertz CT molecular complexity index is 550. The second-order valence-electron chi connectivity index (χ2n) is 4.95. The minimum Gasteiger partial charge on any atom is -0.494 e. The van der Waals surface area contributed by atoms with Gasteiger partial charge in [0.2, 0.25) is 0 Å². The van der Waals surface area contributed by atoms with Crippen molar-refractivity contribution in [2.24, 2.45) is 0 Å². The first kappa shape index (κ1) is 16.5. The molecule has 0 radical (unpaired) electrons. The first-order chi connectivity index (χ1) is 10.8. The molecule has 0 atom stereocenters. The number of methoxy groups -OCH3 is 2. The van der Waals surface area contributed by atoms with Crippen LogP contribution < -0.4 is 4.74 Å². The Kier molecular flexibility index (Phi) is 6.36. The minimum atomic E-state index is -0.330. The zero-order valence-corrected chi connectivity index (χ0v) is 13.4. The Hall–Kier alpha value is -1.92. The molecule has 1 aromatic heterocycles. The van der Waals surface area contributed by atoms with Crippen LogP contribution in [0.5, 0.6) is 5.75 Å². The van der Waals surface area contributed by atoms with Crippen LogP contribution in [0.4, 0.5) is 0 Å². The fourth-order valence-corrected chi connectivity index (χ4v) is 1.97. The molecule has 0 aliphatic heterocycles. The van der Waals surface area contributed by atoms with Gasteiger partial charge >= 0.3 is 0 Å². The zero-order valence-electron chi connectivity index (χ0n) is 13.4. The number of benzene rings is 1. The fourth-order valence-electron chi connectivity index (χ4n) is 1.97. The Morgan fingerprint density at radius 3 is 2.50 bits per heavy atom. The van der Waals surface area contributed by atoms with E-state index in [0.29, 0.717) is 6.54 Å². The SMILES string of the molecule is CCCCOc1ccc(-c2cn(CC(OC)OC)nn2)cc1. The number of hydrogen-bond acceptors (Lipinski definition) is 5. The second-order valence-corrected chi connectivity index (χ2v) is 4.95. The molecule has 120 valence electrons. The van der Waals surface area contributed by atoms with Crippen LogP contribution in [0.15, 0.2) is 30.5 Å². The summed E-state index contributed by atoms with van der Waals surface area (Å²) in [7, 11) is 3.20. The summed E-state index contributed by atoms with van der Waals surface area (Å²) in [5.74, 6) is 0.878. The van der Waals surface area contributed by atoms with Gasteiger partial charge in [-0.1, -0.05) is 18.6 Å². The molecular weight excluding hydrogens is 282 g/mol. The van der Waals surface area contributed by atoms with E-state index >= 15 is 0 Å². The highest BCUT2D eigenvalue weighted by molar-refractivity contribution is 5.58. The van der Waals surface area contributed by atoms with E-state index in [2.05, 4.69) is 17.2 Å². The quantitative estimate of drug-likeness (QED) is 0.526. The standard InChI is InChI=1S/C16H23N3O3/c1-4-5-10-22-14-8-6-13(7-9-14)15-11-19(18-17-15)12-16(20-2)21-3/h6-9,11,16H,4-5,10,12H2,1-3H3. The van der Waals surface area contributed by atoms with Crippen LogP contribution in [-0.4, -0.2) is 42.1 Å². The van der Waals surface area contributed by atoms with Gasteiger partial charge in [0.25, 0.3) is 0 Å². The van der Waals surface area contributed by atoms with Gasteiger partial charge in [-0.15, -0.1) is 5.10 Å². The van der Waals surface area contributed by atoms with Gasteiger partial charge in [-0.25, -0.2) is 4.68 Å². The lowest BCUT2D eigenvalue weighted by Gasteiger charge is -2.11. The van der Waals surface area contributed by atoms with E-state index in [1.807, 2.05) is 30.5 Å². The highest BCUT2D eigenvalue weighted by atomic mass is 16.7. The fraction of sp³-hybridized carbons (Fsp3) is 0.500. The number of rotatable bonds is 9. The van der Waals surface area contributed by atoms with Crippen LogP contribution in [-0.2, 0) is 16.0 Å². The Morgan fingerprint density at radius 2 is 1.86 bits per heavy atom. The predicted molar refractivity (Wildman–Crippen MR) is 83.7 cm³/mol. The summed E-state index contributed by atoms with van der Waals surface area (Å²) in [6.45, 7) is 3.40. The maximum Gasteiger partial charge on any atom is 0.176 e. The molecule has 0 amide bonds. The van der Waals surface area contributed by atoms with Gasteiger partial charge in [-0.2, -0.15) is 0 Å². The molecule has 1 aromatic carbocycles. The monoisotopic (exact) mass is 305 g/mol. The highest BCUT2D eigenvalue weighted by Crippen LogP contribution is 2.20. The zero-order chi connectivity index (χ0) is 15.8. The van der Waals surface area contributed by atoms with Crippen molar-refractivity contribution in [2.75, 3.05) is 20.8 Å². The lowest BCUT2D eigenvalue weighted by atomic mass is 10.1. The maximum absolute atomic E-state index is 5.65. The Balaban J connectivity index is 1.98. The summed E-state index contributed by atoms with van der Waals surface area (Å²) in [5, 5.41) is 8.26. The third kappa shape index (κ3) is 4.54. The first-order valence-electron chi connectivity index (χ1n) is 7.45. The third-order valence-corrected chi connectivity index (χ3v) is 3.32. The van der Waals surface area contributed by atoms with E-state index in [9.17, 15) is 0 Å². The van der Waals surface area contributed by atoms with E-state index in [0.717, 1.165) is 36.5 Å². The molecule has 0 saturated heterocycles. The van der Waals surface area contributed by atoms with Crippen molar-refractivity contribution >= 4 is 0 Å². The van der Waals surface area contributed by atoms with Crippen LogP contribution in [0, 0.1) is 0 Å². The lowest BCUT2D eigenvalue weighted by molar-refractivity contribution is -0.112. The number of hydrogen-bond donors (Lipinski definition) is 0. The summed E-state index contributed by atoms with van der Waals surface area (Å²) < 4.78 is 17.7. The van der Waals surface area contributed by atoms with Crippen molar-refractivity contribution in [3.63, 3.8) is 0 Å². The van der Waals surface area contributed by atoms with Crippen molar-refractivity contribution in [1.82, 2.24) is 15.0 Å². The van der Waals surface area contributed by atoms with E-state index in [1.54, 1.807) is 18.9 Å². The van der Waals surface area contributed by atoms with E-state index in [4.69, 9.17) is 14.2 Å². The Labute approximate surface area is 131 Å². The molecule has 22 heavy (non-hydrogen) atoms. The predicted octanol–water partition coefficient (Wildman–Crippen LogP) is 2.74. The van der Waals surface area contributed by atoms with Gasteiger partial charge in [0.15, 0.2) is 6.29 Å². The van der Waals surface area contributed by atoms with Crippen molar-refractivity contribution in [3.8, 4) is 17.0 Å². The van der Waals surface area contributed by atoms with Crippen molar-refractivity contribution in [1.29, 1.82) is 0 Å². The number of aromatic nitrogens is 3. The van der Waals surface area contributed by atoms with Crippen molar-refractivity contribution < 1.29 is 14.2 Å². The van der Waals surface area contributed by atoms with E-state index in [1.165, 1.54) is 0 Å². The number of ether oxygens (including phenoxy) is 3.